The van der Waals surface area contributed by atoms with Gasteiger partial charge in [-0.05, 0) is 38.2 Å². The summed E-state index contributed by atoms with van der Waals surface area (Å²) in [6.07, 6.45) is 0.864. The van der Waals surface area contributed by atoms with Crippen LogP contribution in [0.5, 0.6) is 0 Å². The maximum absolute atomic E-state index is 6.19. The first-order valence-electron chi connectivity index (χ1n) is 8.93. The monoisotopic (exact) mass is 374 g/mol. The number of likely N-dealkylation sites (N-methyl/N-ethyl adjacent to an activating group) is 1. The molecule has 2 aromatic heterocycles. The van der Waals surface area contributed by atoms with Crippen molar-refractivity contribution in [2.24, 2.45) is 5.73 Å². The molecule has 1 aliphatic rings. The molecule has 0 radical (unpaired) electrons. The predicted octanol–water partition coefficient (Wildman–Crippen LogP) is 2.54. The summed E-state index contributed by atoms with van der Waals surface area (Å²) in [4.78, 5) is 14.0. The molecule has 1 saturated heterocycles. The second-order valence-corrected chi connectivity index (χ2v) is 7.09. The lowest BCUT2D eigenvalue weighted by Gasteiger charge is -2.33. The Hall–Kier alpha value is -2.09. The van der Waals surface area contributed by atoms with Gasteiger partial charge in [-0.2, -0.15) is 4.98 Å². The number of benzene rings is 1. The highest BCUT2D eigenvalue weighted by Gasteiger charge is 2.23. The Labute approximate surface area is 157 Å². The SMILES string of the molecule is CN1CCN(c2nc(NCCCN)nc3c2oc2ccc(Cl)cc23)CC1. The fourth-order valence-corrected chi connectivity index (χ4v) is 3.39. The van der Waals surface area contributed by atoms with Crippen LogP contribution in [0.4, 0.5) is 11.8 Å². The number of fused-ring (bicyclic) bond motifs is 3. The third-order valence-electron chi connectivity index (χ3n) is 4.72. The molecule has 0 atom stereocenters. The highest BCUT2D eigenvalue weighted by atomic mass is 35.5. The molecule has 3 N–H and O–H groups in total. The average Bonchev–Trinajstić information content (AvgIpc) is 3.00. The van der Waals surface area contributed by atoms with Crippen molar-refractivity contribution in [2.75, 3.05) is 56.5 Å². The molecule has 1 aliphatic heterocycles. The van der Waals surface area contributed by atoms with Gasteiger partial charge in [-0.1, -0.05) is 11.6 Å². The lowest BCUT2D eigenvalue weighted by molar-refractivity contribution is 0.312. The van der Waals surface area contributed by atoms with E-state index in [9.17, 15) is 0 Å². The van der Waals surface area contributed by atoms with Crippen molar-refractivity contribution in [3.63, 3.8) is 0 Å². The van der Waals surface area contributed by atoms with Crippen LogP contribution in [0.2, 0.25) is 5.02 Å². The van der Waals surface area contributed by atoms with Crippen molar-refractivity contribution >= 4 is 45.4 Å². The first kappa shape index (κ1) is 17.3. The van der Waals surface area contributed by atoms with Crippen LogP contribution in [-0.4, -0.2) is 61.2 Å². The van der Waals surface area contributed by atoms with E-state index in [1.54, 1.807) is 0 Å². The summed E-state index contributed by atoms with van der Waals surface area (Å²) >= 11 is 6.19. The molecule has 0 bridgehead atoms. The molecule has 7 nitrogen and oxygen atoms in total. The number of nitrogens with zero attached hydrogens (tertiary/aromatic N) is 4. The van der Waals surface area contributed by atoms with Gasteiger partial charge in [0.2, 0.25) is 5.95 Å². The van der Waals surface area contributed by atoms with Crippen LogP contribution >= 0.6 is 11.6 Å². The van der Waals surface area contributed by atoms with Crippen LogP contribution in [-0.2, 0) is 0 Å². The summed E-state index contributed by atoms with van der Waals surface area (Å²) in [5.41, 5.74) is 7.88. The lowest BCUT2D eigenvalue weighted by atomic mass is 10.2. The second-order valence-electron chi connectivity index (χ2n) is 6.65. The molecule has 0 unspecified atom stereocenters. The van der Waals surface area contributed by atoms with Crippen LogP contribution in [0.1, 0.15) is 6.42 Å². The first-order valence-corrected chi connectivity index (χ1v) is 9.31. The Morgan fingerprint density at radius 3 is 2.81 bits per heavy atom. The standard InChI is InChI=1S/C18H23ClN6O/c1-24-7-9-25(10-8-24)17-16-15(22-18(23-17)21-6-2-5-20)13-11-12(19)3-4-14(13)26-16/h3-4,11H,2,5-10,20H2,1H3,(H,21,22,23). The van der Waals surface area contributed by atoms with E-state index in [0.29, 0.717) is 17.5 Å². The van der Waals surface area contributed by atoms with E-state index in [1.165, 1.54) is 0 Å². The van der Waals surface area contributed by atoms with E-state index in [-0.39, 0.29) is 0 Å². The molecular weight excluding hydrogens is 352 g/mol. The maximum atomic E-state index is 6.19. The maximum Gasteiger partial charge on any atom is 0.225 e. The van der Waals surface area contributed by atoms with Crippen LogP contribution in [0.3, 0.4) is 0 Å². The van der Waals surface area contributed by atoms with Gasteiger partial charge in [0.15, 0.2) is 11.4 Å². The minimum Gasteiger partial charge on any atom is -0.450 e. The van der Waals surface area contributed by atoms with Crippen LogP contribution < -0.4 is 16.0 Å². The van der Waals surface area contributed by atoms with Crippen molar-refractivity contribution < 1.29 is 4.42 Å². The fraction of sp³-hybridized carbons (Fsp3) is 0.444. The zero-order valence-electron chi connectivity index (χ0n) is 14.8. The Bertz CT molecular complexity index is 919. The molecule has 0 amide bonds. The Morgan fingerprint density at radius 1 is 1.23 bits per heavy atom. The summed E-state index contributed by atoms with van der Waals surface area (Å²) in [6.45, 7) is 5.16. The summed E-state index contributed by atoms with van der Waals surface area (Å²) in [6, 6.07) is 5.61. The van der Waals surface area contributed by atoms with Crippen LogP contribution in [0.25, 0.3) is 22.1 Å². The van der Waals surface area contributed by atoms with E-state index in [1.807, 2.05) is 18.2 Å². The van der Waals surface area contributed by atoms with Crippen LogP contribution in [0, 0.1) is 0 Å². The Balaban J connectivity index is 1.82. The number of hydrogen-bond donors (Lipinski definition) is 2. The number of anilines is 2. The zero-order chi connectivity index (χ0) is 18.1. The molecule has 26 heavy (non-hydrogen) atoms. The normalized spacial score (nSPS) is 15.9. The largest absolute Gasteiger partial charge is 0.450 e. The van der Waals surface area contributed by atoms with E-state index in [4.69, 9.17) is 31.7 Å². The lowest BCUT2D eigenvalue weighted by Crippen LogP contribution is -2.45. The van der Waals surface area contributed by atoms with Gasteiger partial charge in [-0.3, -0.25) is 0 Å². The molecule has 0 spiro atoms. The van der Waals surface area contributed by atoms with Gasteiger partial charge in [-0.25, -0.2) is 4.98 Å². The number of piperazine rings is 1. The first-order chi connectivity index (χ1) is 12.7. The minimum absolute atomic E-state index is 0.600. The van der Waals surface area contributed by atoms with Gasteiger partial charge in [-0.15, -0.1) is 0 Å². The highest BCUT2D eigenvalue weighted by molar-refractivity contribution is 6.31. The summed E-state index contributed by atoms with van der Waals surface area (Å²) in [5, 5.41) is 4.85. The zero-order valence-corrected chi connectivity index (χ0v) is 15.6. The van der Waals surface area contributed by atoms with E-state index in [2.05, 4.69) is 22.2 Å². The Morgan fingerprint density at radius 2 is 2.04 bits per heavy atom. The van der Waals surface area contributed by atoms with Gasteiger partial charge in [0.25, 0.3) is 0 Å². The molecule has 8 heteroatoms. The molecule has 0 aliphatic carbocycles. The minimum atomic E-state index is 0.600. The number of aromatic nitrogens is 2. The van der Waals surface area contributed by atoms with Gasteiger partial charge in [0, 0.05) is 43.1 Å². The van der Waals surface area contributed by atoms with Crippen molar-refractivity contribution in [3.8, 4) is 0 Å². The van der Waals surface area contributed by atoms with Crippen molar-refractivity contribution in [2.45, 2.75) is 6.42 Å². The second kappa shape index (κ2) is 7.26. The molecule has 3 aromatic rings. The van der Waals surface area contributed by atoms with E-state index < -0.39 is 0 Å². The quantitative estimate of drug-likeness (QED) is 0.664. The number of nitrogens with two attached hydrogens (primary N) is 1. The molecule has 0 saturated carbocycles. The van der Waals surface area contributed by atoms with Gasteiger partial charge in [0.1, 0.15) is 11.1 Å². The summed E-state index contributed by atoms with van der Waals surface area (Å²) in [5.74, 6) is 1.44. The Kier molecular flexibility index (Phi) is 4.84. The number of nitrogens with one attached hydrogen (secondary N) is 1. The molecule has 1 aromatic carbocycles. The highest BCUT2D eigenvalue weighted by Crippen LogP contribution is 2.35. The van der Waals surface area contributed by atoms with Crippen molar-refractivity contribution in [1.82, 2.24) is 14.9 Å². The van der Waals surface area contributed by atoms with Crippen molar-refractivity contribution in [1.29, 1.82) is 0 Å². The van der Waals surface area contributed by atoms with Crippen molar-refractivity contribution in [3.05, 3.63) is 23.2 Å². The smallest absolute Gasteiger partial charge is 0.225 e. The molecule has 4 rings (SSSR count). The van der Waals surface area contributed by atoms with E-state index in [0.717, 1.165) is 67.0 Å². The fourth-order valence-electron chi connectivity index (χ4n) is 3.22. The number of furan rings is 1. The number of hydrogen-bond acceptors (Lipinski definition) is 7. The number of rotatable bonds is 5. The topological polar surface area (TPSA) is 83.5 Å². The number of halogens is 1. The third kappa shape index (κ3) is 3.30. The summed E-state index contributed by atoms with van der Waals surface area (Å²) in [7, 11) is 2.13. The van der Waals surface area contributed by atoms with Gasteiger partial charge >= 0.3 is 0 Å². The molecule has 1 fully saturated rings. The molecule has 138 valence electrons. The molecular formula is C18H23ClN6O. The summed E-state index contributed by atoms with van der Waals surface area (Å²) < 4.78 is 6.11. The molecule has 3 heterocycles. The van der Waals surface area contributed by atoms with Gasteiger partial charge < -0.3 is 25.3 Å². The van der Waals surface area contributed by atoms with E-state index >= 15 is 0 Å². The third-order valence-corrected chi connectivity index (χ3v) is 4.96. The van der Waals surface area contributed by atoms with Gasteiger partial charge in [0.05, 0.1) is 0 Å². The van der Waals surface area contributed by atoms with Crippen LogP contribution in [0.15, 0.2) is 22.6 Å². The predicted molar refractivity (Wildman–Crippen MR) is 106 cm³/mol. The average molecular weight is 375 g/mol.